The molecule has 310 valence electrons. The van der Waals surface area contributed by atoms with E-state index < -0.39 is 0 Å². The van der Waals surface area contributed by atoms with Crippen molar-refractivity contribution in [2.24, 2.45) is 11.8 Å². The van der Waals surface area contributed by atoms with Crippen molar-refractivity contribution >= 4 is 60.8 Å². The molecule has 2 heteroatoms. The molecule has 0 heterocycles. The van der Waals surface area contributed by atoms with E-state index in [1.165, 1.54) is 71.6 Å². The van der Waals surface area contributed by atoms with Crippen LogP contribution in [0.15, 0.2) is 188 Å². The average molecular weight is 809 g/mol. The first-order chi connectivity index (χ1) is 30.3. The van der Waals surface area contributed by atoms with Crippen LogP contribution in [0.4, 0.5) is 28.4 Å². The Morgan fingerprint density at radius 2 is 1.16 bits per heavy atom. The zero-order valence-electron chi connectivity index (χ0n) is 37.3. The Bertz CT molecular complexity index is 2850. The molecule has 0 radical (unpaired) electrons. The molecule has 1 aliphatic rings. The number of nitrogens with zero attached hydrogens (tertiary/aromatic N) is 2. The number of para-hydroxylation sites is 2. The van der Waals surface area contributed by atoms with E-state index in [0.29, 0.717) is 17.8 Å². The van der Waals surface area contributed by atoms with E-state index in [0.717, 1.165) is 30.6 Å². The fraction of sp³-hybridized carbons (Fsp3) is 0.233. The number of hydrogen-bond acceptors (Lipinski definition) is 2. The molecular weight excluding hydrogens is 749 g/mol. The molecule has 0 spiro atoms. The number of anilines is 5. The molecule has 0 N–H and O–H groups in total. The van der Waals surface area contributed by atoms with Crippen molar-refractivity contribution in [3.8, 4) is 11.1 Å². The van der Waals surface area contributed by atoms with Crippen molar-refractivity contribution in [3.05, 3.63) is 199 Å². The second-order valence-corrected chi connectivity index (χ2v) is 18.4. The Labute approximate surface area is 369 Å². The summed E-state index contributed by atoms with van der Waals surface area (Å²) < 4.78 is 0. The molecular formula is C60H60N2. The number of hydrogen-bond donors (Lipinski definition) is 0. The summed E-state index contributed by atoms with van der Waals surface area (Å²) in [7, 11) is 0. The Balaban J connectivity index is 1.41. The van der Waals surface area contributed by atoms with Crippen LogP contribution >= 0.6 is 0 Å². The van der Waals surface area contributed by atoms with Gasteiger partial charge >= 0.3 is 0 Å². The largest absolute Gasteiger partial charge is 0.334 e. The molecule has 2 nitrogen and oxygen atoms in total. The van der Waals surface area contributed by atoms with Gasteiger partial charge in [0.1, 0.15) is 0 Å². The Hall–Kier alpha value is -6.38. The zero-order chi connectivity index (χ0) is 42.7. The summed E-state index contributed by atoms with van der Waals surface area (Å²) in [6.07, 6.45) is 17.2. The van der Waals surface area contributed by atoms with Crippen molar-refractivity contribution < 1.29 is 0 Å². The minimum absolute atomic E-state index is 0.169. The van der Waals surface area contributed by atoms with Crippen molar-refractivity contribution in [2.75, 3.05) is 9.80 Å². The van der Waals surface area contributed by atoms with Gasteiger partial charge < -0.3 is 9.80 Å². The van der Waals surface area contributed by atoms with Crippen LogP contribution in [0.25, 0.3) is 43.4 Å². The molecule has 0 amide bonds. The van der Waals surface area contributed by atoms with Gasteiger partial charge in [0.15, 0.2) is 0 Å². The first-order valence-corrected chi connectivity index (χ1v) is 22.9. The summed E-state index contributed by atoms with van der Waals surface area (Å²) in [5, 5.41) is 7.81. The highest BCUT2D eigenvalue weighted by Crippen LogP contribution is 2.51. The van der Waals surface area contributed by atoms with Gasteiger partial charge in [-0.15, -0.1) is 0 Å². The maximum absolute atomic E-state index is 2.67. The minimum atomic E-state index is 0.169. The van der Waals surface area contributed by atoms with Crippen molar-refractivity contribution in [1.82, 2.24) is 0 Å². The smallest absolute Gasteiger partial charge is 0.0546 e. The third kappa shape index (κ3) is 8.07. The van der Waals surface area contributed by atoms with E-state index in [1.807, 2.05) is 0 Å². The first-order valence-electron chi connectivity index (χ1n) is 22.9. The molecule has 0 bridgehead atoms. The lowest BCUT2D eigenvalue weighted by atomic mass is 9.82. The van der Waals surface area contributed by atoms with Gasteiger partial charge in [-0.25, -0.2) is 0 Å². The Kier molecular flexibility index (Phi) is 11.8. The van der Waals surface area contributed by atoms with Gasteiger partial charge in [0.2, 0.25) is 0 Å². The summed E-state index contributed by atoms with van der Waals surface area (Å²) in [6, 6.07) is 57.2. The average Bonchev–Trinajstić information content (AvgIpc) is 3.30. The van der Waals surface area contributed by atoms with Crippen LogP contribution in [0.3, 0.4) is 0 Å². The van der Waals surface area contributed by atoms with Crippen LogP contribution in [0.2, 0.25) is 0 Å². The topological polar surface area (TPSA) is 6.48 Å². The van der Waals surface area contributed by atoms with Gasteiger partial charge in [0, 0.05) is 44.8 Å². The van der Waals surface area contributed by atoms with E-state index in [1.54, 1.807) is 0 Å². The van der Waals surface area contributed by atoms with Gasteiger partial charge in [-0.05, 0) is 124 Å². The van der Waals surface area contributed by atoms with E-state index in [-0.39, 0.29) is 12.0 Å². The predicted octanol–water partition coefficient (Wildman–Crippen LogP) is 17.6. The molecule has 8 aromatic rings. The number of benzene rings is 8. The molecule has 62 heavy (non-hydrogen) atoms. The SMILES string of the molecule is CC(C)C/C=C\C(CC(C)C)N(c1ccccc1)c1cc(C2C=CC=CC2)c2ccc3c(N(c4ccccc4)c4ccc(C(C)C)cc4)cc(-c4ccccc4)c4ccc1c2c43. The number of rotatable bonds is 14. The fourth-order valence-corrected chi connectivity index (χ4v) is 9.71. The molecule has 9 rings (SSSR count). The van der Waals surface area contributed by atoms with Crippen LogP contribution in [0, 0.1) is 11.8 Å². The van der Waals surface area contributed by atoms with Crippen molar-refractivity contribution in [1.29, 1.82) is 0 Å². The third-order valence-corrected chi connectivity index (χ3v) is 12.7. The van der Waals surface area contributed by atoms with Gasteiger partial charge in [-0.2, -0.15) is 0 Å². The summed E-state index contributed by atoms with van der Waals surface area (Å²) >= 11 is 0. The molecule has 0 aromatic heterocycles. The highest BCUT2D eigenvalue weighted by atomic mass is 15.2. The van der Waals surface area contributed by atoms with E-state index in [9.17, 15) is 0 Å². The maximum atomic E-state index is 2.67. The van der Waals surface area contributed by atoms with Gasteiger partial charge in [0.25, 0.3) is 0 Å². The molecule has 0 aliphatic heterocycles. The van der Waals surface area contributed by atoms with Crippen LogP contribution in [-0.2, 0) is 0 Å². The molecule has 2 atom stereocenters. The van der Waals surface area contributed by atoms with Crippen molar-refractivity contribution in [3.63, 3.8) is 0 Å². The predicted molar refractivity (Wildman–Crippen MR) is 270 cm³/mol. The molecule has 0 saturated heterocycles. The normalized spacial score (nSPS) is 14.7. The first kappa shape index (κ1) is 41.0. The highest BCUT2D eigenvalue weighted by molar-refractivity contribution is 6.31. The molecule has 0 saturated carbocycles. The van der Waals surface area contributed by atoms with E-state index in [4.69, 9.17) is 0 Å². The van der Waals surface area contributed by atoms with Gasteiger partial charge in [0.05, 0.1) is 11.7 Å². The third-order valence-electron chi connectivity index (χ3n) is 12.7. The highest BCUT2D eigenvalue weighted by Gasteiger charge is 2.28. The molecule has 1 aliphatic carbocycles. The monoisotopic (exact) mass is 808 g/mol. The maximum Gasteiger partial charge on any atom is 0.0546 e. The van der Waals surface area contributed by atoms with E-state index >= 15 is 0 Å². The van der Waals surface area contributed by atoms with Crippen LogP contribution in [-0.4, -0.2) is 6.04 Å². The summed E-state index contributed by atoms with van der Waals surface area (Å²) in [5.41, 5.74) is 11.1. The summed E-state index contributed by atoms with van der Waals surface area (Å²) in [5.74, 6) is 1.82. The Morgan fingerprint density at radius 3 is 1.79 bits per heavy atom. The summed E-state index contributed by atoms with van der Waals surface area (Å²) in [6.45, 7) is 13.9. The lowest BCUT2D eigenvalue weighted by molar-refractivity contribution is 0.538. The molecule has 8 aromatic carbocycles. The van der Waals surface area contributed by atoms with Crippen LogP contribution < -0.4 is 9.80 Å². The lowest BCUT2D eigenvalue weighted by Gasteiger charge is -2.36. The minimum Gasteiger partial charge on any atom is -0.334 e. The Morgan fingerprint density at radius 1 is 0.565 bits per heavy atom. The van der Waals surface area contributed by atoms with Gasteiger partial charge in [-0.3, -0.25) is 0 Å². The van der Waals surface area contributed by atoms with Crippen LogP contribution in [0.1, 0.15) is 83.8 Å². The van der Waals surface area contributed by atoms with Crippen LogP contribution in [0.5, 0.6) is 0 Å². The van der Waals surface area contributed by atoms with E-state index in [2.05, 4.69) is 239 Å². The zero-order valence-corrected chi connectivity index (χ0v) is 37.3. The lowest BCUT2D eigenvalue weighted by Crippen LogP contribution is -2.31. The summed E-state index contributed by atoms with van der Waals surface area (Å²) in [4.78, 5) is 5.15. The fourth-order valence-electron chi connectivity index (χ4n) is 9.71. The number of allylic oxidation sites excluding steroid dienone is 5. The standard InChI is InChI=1S/C60H60N2/c1-41(2)20-19-29-50(38-42(3)4)62(48-27-17-10-18-28-48)58-40-56(46-23-13-8-14-24-46)52-34-36-53-57(61(47-25-15-9-16-26-47)49-32-30-44(31-33-49)43(5)6)39-55(45-21-11-7-12-22-45)51-35-37-54(58)60(52)59(51)53/h7-19,21-23,25-37,39-43,46,50H,20,24,38H2,1-6H3/b29-19-. The molecule has 2 unspecified atom stereocenters. The second-order valence-electron chi connectivity index (χ2n) is 18.4. The molecule has 0 fully saturated rings. The van der Waals surface area contributed by atoms with Crippen molar-refractivity contribution in [2.45, 2.75) is 78.7 Å². The quantitative estimate of drug-likeness (QED) is 0.0797. The van der Waals surface area contributed by atoms with Gasteiger partial charge in [-0.1, -0.05) is 181 Å². The second kappa shape index (κ2) is 17.9.